The minimum atomic E-state index is -4.37. The monoisotopic (exact) mass is 271 g/mol. The Balaban J connectivity index is 2.23. The third-order valence-corrected chi connectivity index (χ3v) is 3.75. The van der Waals surface area contributed by atoms with Crippen LogP contribution in [0.3, 0.4) is 0 Å². The molecule has 0 saturated carbocycles. The first-order valence-electron chi connectivity index (χ1n) is 6.23. The Hall–Kier alpha value is -1.36. The summed E-state index contributed by atoms with van der Waals surface area (Å²) in [6.45, 7) is 4.98. The number of rotatable bonds is 3. The molecule has 2 rings (SSSR count). The van der Waals surface area contributed by atoms with Crippen molar-refractivity contribution in [3.63, 3.8) is 0 Å². The fourth-order valence-electron chi connectivity index (χ4n) is 2.24. The Morgan fingerprint density at radius 1 is 1.37 bits per heavy atom. The average molecular weight is 271 g/mol. The van der Waals surface area contributed by atoms with E-state index in [0.717, 1.165) is 25.2 Å². The first kappa shape index (κ1) is 14.1. The van der Waals surface area contributed by atoms with Gasteiger partial charge in [-0.1, -0.05) is 13.0 Å². The Labute approximate surface area is 110 Å². The van der Waals surface area contributed by atoms with Crippen molar-refractivity contribution in [1.29, 1.82) is 0 Å². The molecule has 19 heavy (non-hydrogen) atoms. The van der Waals surface area contributed by atoms with Crippen molar-refractivity contribution < 1.29 is 18.0 Å². The molecule has 0 aromatic heterocycles. The van der Waals surface area contributed by atoms with E-state index in [9.17, 15) is 18.0 Å². The minimum absolute atomic E-state index is 0.0716. The van der Waals surface area contributed by atoms with Crippen molar-refractivity contribution in [2.45, 2.75) is 20.0 Å². The van der Waals surface area contributed by atoms with Crippen LogP contribution in [-0.2, 0) is 6.18 Å². The smallest absolute Gasteiger partial charge is 0.316 e. The number of aryl methyl sites for hydroxylation is 1. The highest BCUT2D eigenvalue weighted by molar-refractivity contribution is 5.99. The van der Waals surface area contributed by atoms with E-state index in [2.05, 4.69) is 5.32 Å². The molecule has 0 aliphatic carbocycles. The molecule has 1 aliphatic heterocycles. The third-order valence-electron chi connectivity index (χ3n) is 3.75. The number of alkyl halides is 3. The predicted molar refractivity (Wildman–Crippen MR) is 66.0 cm³/mol. The summed E-state index contributed by atoms with van der Waals surface area (Å²) in [7, 11) is 0. The van der Waals surface area contributed by atoms with Crippen molar-refractivity contribution >= 4 is 5.78 Å². The van der Waals surface area contributed by atoms with E-state index in [1.54, 1.807) is 6.92 Å². The van der Waals surface area contributed by atoms with Crippen molar-refractivity contribution in [3.05, 3.63) is 34.9 Å². The second-order valence-electron chi connectivity index (χ2n) is 5.10. The van der Waals surface area contributed by atoms with Gasteiger partial charge >= 0.3 is 6.18 Å². The molecule has 1 saturated heterocycles. The molecule has 1 unspecified atom stereocenters. The topological polar surface area (TPSA) is 29.1 Å². The average Bonchev–Trinajstić information content (AvgIpc) is 2.24. The quantitative estimate of drug-likeness (QED) is 0.856. The SMILES string of the molecule is Cc1cc(C(F)(F)F)ccc1C(=O)C(C)C1CNC1. The lowest BCUT2D eigenvalue weighted by Crippen LogP contribution is -2.47. The van der Waals surface area contributed by atoms with Gasteiger partial charge in [-0.3, -0.25) is 4.79 Å². The molecule has 0 spiro atoms. The summed E-state index contributed by atoms with van der Waals surface area (Å²) in [5.74, 6) is 0.0589. The highest BCUT2D eigenvalue weighted by atomic mass is 19.4. The van der Waals surface area contributed by atoms with Crippen LogP contribution in [0.2, 0.25) is 0 Å². The van der Waals surface area contributed by atoms with Crippen molar-refractivity contribution in [2.75, 3.05) is 13.1 Å². The number of nitrogens with one attached hydrogen (secondary N) is 1. The van der Waals surface area contributed by atoms with Gasteiger partial charge in [-0.05, 0) is 43.6 Å². The van der Waals surface area contributed by atoms with Gasteiger partial charge < -0.3 is 5.32 Å². The first-order valence-corrected chi connectivity index (χ1v) is 6.23. The number of halogens is 3. The largest absolute Gasteiger partial charge is 0.416 e. The first-order chi connectivity index (χ1) is 8.80. The van der Waals surface area contributed by atoms with Gasteiger partial charge in [-0.2, -0.15) is 13.2 Å². The normalized spacial score (nSPS) is 17.9. The molecule has 0 radical (unpaired) electrons. The number of carbonyl (C=O) groups excluding carboxylic acids is 1. The highest BCUT2D eigenvalue weighted by Gasteiger charge is 2.33. The Morgan fingerprint density at radius 2 is 2.00 bits per heavy atom. The van der Waals surface area contributed by atoms with Gasteiger partial charge in [0.2, 0.25) is 0 Å². The summed E-state index contributed by atoms with van der Waals surface area (Å²) in [4.78, 5) is 12.3. The zero-order chi connectivity index (χ0) is 14.2. The predicted octanol–water partition coefficient (Wildman–Crippen LogP) is 3.05. The molecule has 0 bridgehead atoms. The second kappa shape index (κ2) is 4.96. The fraction of sp³-hybridized carbons (Fsp3) is 0.500. The molecule has 2 nitrogen and oxygen atoms in total. The molecular weight excluding hydrogens is 255 g/mol. The second-order valence-corrected chi connectivity index (χ2v) is 5.10. The number of carbonyl (C=O) groups is 1. The van der Waals surface area contributed by atoms with Crippen LogP contribution in [0.4, 0.5) is 13.2 Å². The van der Waals surface area contributed by atoms with Gasteiger partial charge in [0.1, 0.15) is 0 Å². The molecule has 1 aromatic rings. The fourth-order valence-corrected chi connectivity index (χ4v) is 2.24. The van der Waals surface area contributed by atoms with Crippen molar-refractivity contribution in [1.82, 2.24) is 5.32 Å². The van der Waals surface area contributed by atoms with Crippen LogP contribution in [0.5, 0.6) is 0 Å². The zero-order valence-corrected chi connectivity index (χ0v) is 10.8. The molecule has 1 aromatic carbocycles. The standard InChI is InChI=1S/C14H16F3NO/c1-8-5-11(14(15,16)17)3-4-12(8)13(19)9(2)10-6-18-7-10/h3-5,9-10,18H,6-7H2,1-2H3. The Morgan fingerprint density at radius 3 is 2.42 bits per heavy atom. The van der Waals surface area contributed by atoms with Gasteiger partial charge in [0, 0.05) is 11.5 Å². The van der Waals surface area contributed by atoms with Crippen LogP contribution in [0.1, 0.15) is 28.4 Å². The summed E-state index contributed by atoms with van der Waals surface area (Å²) in [6, 6.07) is 3.31. The lowest BCUT2D eigenvalue weighted by Gasteiger charge is -2.32. The summed E-state index contributed by atoms with van der Waals surface area (Å²) >= 11 is 0. The molecule has 1 fully saturated rings. The summed E-state index contributed by atoms with van der Waals surface area (Å²) in [5.41, 5.74) is 0.0749. The van der Waals surface area contributed by atoms with E-state index in [-0.39, 0.29) is 17.6 Å². The van der Waals surface area contributed by atoms with Gasteiger partial charge in [-0.25, -0.2) is 0 Å². The van der Waals surface area contributed by atoms with Gasteiger partial charge in [0.25, 0.3) is 0 Å². The van der Waals surface area contributed by atoms with Crippen molar-refractivity contribution in [2.24, 2.45) is 11.8 Å². The van der Waals surface area contributed by atoms with Crippen LogP contribution in [0, 0.1) is 18.8 Å². The maximum absolute atomic E-state index is 12.6. The number of Topliss-reactive ketones (excluding diaryl/α,β-unsaturated/α-hetero) is 1. The molecular formula is C14H16F3NO. The van der Waals surface area contributed by atoms with Gasteiger partial charge in [0.15, 0.2) is 5.78 Å². The number of hydrogen-bond acceptors (Lipinski definition) is 2. The number of ketones is 1. The molecule has 0 amide bonds. The van der Waals surface area contributed by atoms with Crippen LogP contribution in [0.15, 0.2) is 18.2 Å². The molecule has 1 heterocycles. The molecule has 1 atom stereocenters. The van der Waals surface area contributed by atoms with Gasteiger partial charge in [0.05, 0.1) is 5.56 Å². The molecule has 1 aliphatic rings. The summed E-state index contributed by atoms with van der Waals surface area (Å²) in [5, 5.41) is 3.09. The maximum Gasteiger partial charge on any atom is 0.416 e. The van der Waals surface area contributed by atoms with E-state index in [0.29, 0.717) is 11.1 Å². The zero-order valence-electron chi connectivity index (χ0n) is 10.8. The van der Waals surface area contributed by atoms with E-state index in [1.165, 1.54) is 6.07 Å². The van der Waals surface area contributed by atoms with Crippen LogP contribution in [0.25, 0.3) is 0 Å². The van der Waals surface area contributed by atoms with E-state index in [1.807, 2.05) is 6.92 Å². The maximum atomic E-state index is 12.6. The lowest BCUT2D eigenvalue weighted by molar-refractivity contribution is -0.137. The van der Waals surface area contributed by atoms with E-state index in [4.69, 9.17) is 0 Å². The lowest BCUT2D eigenvalue weighted by atomic mass is 9.82. The number of benzene rings is 1. The Kier molecular flexibility index (Phi) is 3.67. The summed E-state index contributed by atoms with van der Waals surface area (Å²) < 4.78 is 37.7. The van der Waals surface area contributed by atoms with E-state index < -0.39 is 11.7 Å². The van der Waals surface area contributed by atoms with E-state index >= 15 is 0 Å². The Bertz CT molecular complexity index is 492. The summed E-state index contributed by atoms with van der Waals surface area (Å²) in [6.07, 6.45) is -4.37. The van der Waals surface area contributed by atoms with Crippen molar-refractivity contribution in [3.8, 4) is 0 Å². The van der Waals surface area contributed by atoms with Crippen LogP contribution >= 0.6 is 0 Å². The minimum Gasteiger partial charge on any atom is -0.316 e. The number of hydrogen-bond donors (Lipinski definition) is 1. The van der Waals surface area contributed by atoms with Crippen LogP contribution < -0.4 is 5.32 Å². The van der Waals surface area contributed by atoms with Gasteiger partial charge in [-0.15, -0.1) is 0 Å². The molecule has 5 heteroatoms. The van der Waals surface area contributed by atoms with Crippen LogP contribution in [-0.4, -0.2) is 18.9 Å². The highest BCUT2D eigenvalue weighted by Crippen LogP contribution is 2.31. The third kappa shape index (κ3) is 2.81. The molecule has 1 N–H and O–H groups in total. The molecule has 104 valence electrons.